The molecule has 0 bridgehead atoms. The van der Waals surface area contributed by atoms with Gasteiger partial charge in [-0.1, -0.05) is 28.9 Å². The van der Waals surface area contributed by atoms with E-state index in [0.717, 1.165) is 11.1 Å². The average molecular weight is 664 g/mol. The largest absolute Gasteiger partial charge is 0.497 e. The molecule has 0 atom stereocenters. The Morgan fingerprint density at radius 3 is 2.41 bits per heavy atom. The first-order valence-electron chi connectivity index (χ1n) is 14.6. The van der Waals surface area contributed by atoms with E-state index in [2.05, 4.69) is 5.16 Å². The van der Waals surface area contributed by atoms with E-state index in [1.54, 1.807) is 49.6 Å². The summed E-state index contributed by atoms with van der Waals surface area (Å²) in [6, 6.07) is 19.7. The van der Waals surface area contributed by atoms with E-state index in [1.165, 1.54) is 46.5 Å². The number of benzene rings is 3. The van der Waals surface area contributed by atoms with Crippen molar-refractivity contribution in [1.29, 1.82) is 0 Å². The molecular weight excluding hydrogens is 634 g/mol. The Kier molecular flexibility index (Phi) is 7.76. The van der Waals surface area contributed by atoms with E-state index >= 15 is 0 Å². The summed E-state index contributed by atoms with van der Waals surface area (Å²) in [5.74, 6) is 0.816. The summed E-state index contributed by atoms with van der Waals surface area (Å²) in [5.41, 5.74) is 2.19. The van der Waals surface area contributed by atoms with Crippen LogP contribution in [-0.2, 0) is 26.0 Å². The van der Waals surface area contributed by atoms with Gasteiger partial charge in [-0.3, -0.25) is 9.36 Å². The molecule has 0 radical (unpaired) electrons. The number of rotatable bonds is 9. The van der Waals surface area contributed by atoms with Crippen LogP contribution < -0.4 is 19.3 Å². The maximum Gasteiger partial charge on any atom is 0.265 e. The van der Waals surface area contributed by atoms with Crippen LogP contribution in [0.5, 0.6) is 11.5 Å². The molecule has 1 spiro atoms. The number of ether oxygens (including phenoxy) is 4. The molecule has 3 heterocycles. The standard InChI is InChI=1S/C33H30ClN3O8S/c1-41-24-6-3-21(4-7-24)20-36(31-11-12-45-35-31)46(39,40)25-8-9-28-22(15-25)5-10-32(38)37(28)29-17-27(34)26(16-30(29)42-2)23-18-33(19-23)43-13-14-44-33/h3-12,15-17,23H,13-14,18-20H2,1-2H3. The Hall–Kier alpha value is -4.36. The zero-order chi connectivity index (χ0) is 32.1. The minimum Gasteiger partial charge on any atom is -0.497 e. The predicted molar refractivity (Wildman–Crippen MR) is 171 cm³/mol. The number of methoxy groups -OCH3 is 2. The molecule has 0 unspecified atom stereocenters. The summed E-state index contributed by atoms with van der Waals surface area (Å²) in [5, 5.41) is 4.91. The summed E-state index contributed by atoms with van der Waals surface area (Å²) >= 11 is 6.81. The fraction of sp³-hybridized carbons (Fsp3) is 0.273. The van der Waals surface area contributed by atoms with E-state index in [4.69, 9.17) is 35.1 Å². The normalized spacial score (nSPS) is 16.1. The van der Waals surface area contributed by atoms with Crippen LogP contribution in [0.15, 0.2) is 93.3 Å². The van der Waals surface area contributed by atoms with Gasteiger partial charge in [-0.05, 0) is 65.6 Å². The van der Waals surface area contributed by atoms with Gasteiger partial charge in [0, 0.05) is 35.4 Å². The molecule has 11 nitrogen and oxygen atoms in total. The Labute approximate surface area is 269 Å². The number of pyridine rings is 1. The number of halogens is 1. The van der Waals surface area contributed by atoms with Crippen LogP contribution in [0.4, 0.5) is 5.82 Å². The zero-order valence-corrected chi connectivity index (χ0v) is 26.6. The second-order valence-corrected chi connectivity index (χ2v) is 13.5. The first kappa shape index (κ1) is 30.3. The summed E-state index contributed by atoms with van der Waals surface area (Å²) in [4.78, 5) is 13.4. The van der Waals surface area contributed by atoms with Gasteiger partial charge in [-0.2, -0.15) is 0 Å². The molecular formula is C33H30ClN3O8S. The van der Waals surface area contributed by atoms with E-state index in [1.807, 2.05) is 6.07 Å². The molecule has 2 aliphatic rings. The van der Waals surface area contributed by atoms with Crippen LogP contribution in [0.25, 0.3) is 16.6 Å². The number of anilines is 1. The smallest absolute Gasteiger partial charge is 0.265 e. The van der Waals surface area contributed by atoms with Crippen LogP contribution >= 0.6 is 11.6 Å². The van der Waals surface area contributed by atoms with Gasteiger partial charge in [0.05, 0.1) is 50.1 Å². The fourth-order valence-electron chi connectivity index (χ4n) is 6.13. The summed E-state index contributed by atoms with van der Waals surface area (Å²) in [7, 11) is -1.04. The van der Waals surface area contributed by atoms with Gasteiger partial charge in [-0.25, -0.2) is 12.7 Å². The minimum atomic E-state index is -4.13. The highest BCUT2D eigenvalue weighted by Gasteiger charge is 2.50. The third-order valence-electron chi connectivity index (χ3n) is 8.53. The topological polar surface area (TPSA) is 122 Å². The van der Waals surface area contributed by atoms with E-state index < -0.39 is 15.8 Å². The van der Waals surface area contributed by atoms with Crippen LogP contribution in [0, 0.1) is 0 Å². The molecule has 2 fully saturated rings. The molecule has 1 saturated carbocycles. The number of hydrogen-bond donors (Lipinski definition) is 0. The number of aromatic nitrogens is 2. The van der Waals surface area contributed by atoms with Crippen LogP contribution in [0.1, 0.15) is 29.9 Å². The van der Waals surface area contributed by atoms with Gasteiger partial charge >= 0.3 is 0 Å². The number of hydrogen-bond acceptors (Lipinski definition) is 9. The molecule has 46 heavy (non-hydrogen) atoms. The lowest BCUT2D eigenvalue weighted by atomic mass is 9.74. The van der Waals surface area contributed by atoms with Gasteiger partial charge in [-0.15, -0.1) is 0 Å². The van der Waals surface area contributed by atoms with Crippen molar-refractivity contribution in [2.45, 2.75) is 36.0 Å². The van der Waals surface area contributed by atoms with Crippen LogP contribution in [0.3, 0.4) is 0 Å². The van der Waals surface area contributed by atoms with Crippen molar-refractivity contribution in [3.05, 3.63) is 106 Å². The van der Waals surface area contributed by atoms with Gasteiger partial charge in [0.25, 0.3) is 15.6 Å². The van der Waals surface area contributed by atoms with Crippen molar-refractivity contribution in [2.75, 3.05) is 31.7 Å². The highest BCUT2D eigenvalue weighted by atomic mass is 35.5. The second-order valence-electron chi connectivity index (χ2n) is 11.2. The van der Waals surface area contributed by atoms with Crippen molar-refractivity contribution >= 4 is 38.3 Å². The predicted octanol–water partition coefficient (Wildman–Crippen LogP) is 5.67. The Morgan fingerprint density at radius 1 is 0.978 bits per heavy atom. The molecule has 0 amide bonds. The molecule has 1 aliphatic heterocycles. The molecule has 13 heteroatoms. The van der Waals surface area contributed by atoms with Crippen LogP contribution in [-0.4, -0.2) is 51.4 Å². The monoisotopic (exact) mass is 663 g/mol. The molecule has 2 aromatic heterocycles. The first-order valence-corrected chi connectivity index (χ1v) is 16.4. The lowest BCUT2D eigenvalue weighted by Gasteiger charge is -2.43. The molecule has 3 aromatic carbocycles. The maximum absolute atomic E-state index is 14.1. The summed E-state index contributed by atoms with van der Waals surface area (Å²) in [6.45, 7) is 1.16. The van der Waals surface area contributed by atoms with Crippen molar-refractivity contribution in [3.8, 4) is 17.2 Å². The SMILES string of the molecule is COc1ccc(CN(c2ccon2)S(=O)(=O)c2ccc3c(ccc(=O)n3-c3cc(Cl)c(C4CC5(C4)OCCO5)cc3OC)c2)cc1. The van der Waals surface area contributed by atoms with E-state index in [0.29, 0.717) is 59.2 Å². The second kappa shape index (κ2) is 11.8. The zero-order valence-electron chi connectivity index (χ0n) is 25.0. The highest BCUT2D eigenvalue weighted by molar-refractivity contribution is 7.92. The van der Waals surface area contributed by atoms with Gasteiger partial charge < -0.3 is 23.5 Å². The quantitative estimate of drug-likeness (QED) is 0.196. The Balaban J connectivity index is 1.26. The van der Waals surface area contributed by atoms with Crippen molar-refractivity contribution in [1.82, 2.24) is 9.72 Å². The van der Waals surface area contributed by atoms with Crippen molar-refractivity contribution in [3.63, 3.8) is 0 Å². The minimum absolute atomic E-state index is 0.00118. The fourth-order valence-corrected chi connectivity index (χ4v) is 7.88. The van der Waals surface area contributed by atoms with E-state index in [9.17, 15) is 13.2 Å². The number of sulfonamides is 1. The number of fused-ring (bicyclic) bond motifs is 1. The third kappa shape index (κ3) is 5.30. The van der Waals surface area contributed by atoms with Gasteiger partial charge in [0.1, 0.15) is 17.8 Å². The maximum atomic E-state index is 14.1. The van der Waals surface area contributed by atoms with E-state index in [-0.39, 0.29) is 28.7 Å². The highest BCUT2D eigenvalue weighted by Crippen LogP contribution is 2.52. The lowest BCUT2D eigenvalue weighted by Crippen LogP contribution is -2.43. The number of nitrogens with zero attached hydrogens (tertiary/aromatic N) is 3. The third-order valence-corrected chi connectivity index (χ3v) is 10.6. The van der Waals surface area contributed by atoms with Crippen LogP contribution in [0.2, 0.25) is 5.02 Å². The Morgan fingerprint density at radius 2 is 1.74 bits per heavy atom. The van der Waals surface area contributed by atoms with Gasteiger partial charge in [0.2, 0.25) is 0 Å². The molecule has 5 aromatic rings. The summed E-state index contributed by atoms with van der Waals surface area (Å²) < 4.78 is 58.4. The van der Waals surface area contributed by atoms with Crippen molar-refractivity contribution < 1.29 is 31.9 Å². The summed E-state index contributed by atoms with van der Waals surface area (Å²) in [6.07, 6.45) is 2.68. The van der Waals surface area contributed by atoms with Crippen molar-refractivity contribution in [2.24, 2.45) is 0 Å². The lowest BCUT2D eigenvalue weighted by molar-refractivity contribution is -0.215. The first-order chi connectivity index (χ1) is 22.2. The average Bonchev–Trinajstić information content (AvgIpc) is 3.76. The Bertz CT molecular complexity index is 2070. The molecule has 7 rings (SSSR count). The molecule has 0 N–H and O–H groups in total. The van der Waals surface area contributed by atoms with Gasteiger partial charge in [0.15, 0.2) is 11.6 Å². The molecule has 1 saturated heterocycles. The molecule has 238 valence electrons. The molecule has 1 aliphatic carbocycles.